The van der Waals surface area contributed by atoms with E-state index in [9.17, 15) is 9.90 Å². The highest BCUT2D eigenvalue weighted by molar-refractivity contribution is 6.54. The molecule has 0 aromatic rings. The number of aliphatic hydroxyl groups is 1. The van der Waals surface area contributed by atoms with Gasteiger partial charge in [-0.1, -0.05) is 12.0 Å². The van der Waals surface area contributed by atoms with Gasteiger partial charge in [-0.05, 0) is 64.3 Å². The fraction of sp³-hybridized carbons (Fsp3) is 0.722. The third-order valence-corrected chi connectivity index (χ3v) is 5.84. The number of fused-ring (bicyclic) bond motifs is 1. The molecule has 3 atom stereocenters. The molecule has 0 aromatic heterocycles. The van der Waals surface area contributed by atoms with Crippen molar-refractivity contribution in [3.63, 3.8) is 0 Å². The van der Waals surface area contributed by atoms with E-state index in [0.717, 1.165) is 11.9 Å². The number of methoxy groups -OCH3 is 1. The number of carbonyl (C=O) groups is 1. The van der Waals surface area contributed by atoms with Crippen molar-refractivity contribution in [3.8, 4) is 11.8 Å². The van der Waals surface area contributed by atoms with E-state index in [2.05, 4.69) is 22.7 Å². The van der Waals surface area contributed by atoms with Gasteiger partial charge in [0.15, 0.2) is 0 Å². The summed E-state index contributed by atoms with van der Waals surface area (Å²) < 4.78 is 16.7. The topological polar surface area (TPSA) is 65.0 Å². The predicted octanol–water partition coefficient (Wildman–Crippen LogP) is 1.88. The first-order valence-electron chi connectivity index (χ1n) is 8.45. The van der Waals surface area contributed by atoms with Gasteiger partial charge in [0.2, 0.25) is 0 Å². The van der Waals surface area contributed by atoms with Crippen LogP contribution >= 0.6 is 0 Å². The van der Waals surface area contributed by atoms with Crippen molar-refractivity contribution in [2.75, 3.05) is 7.11 Å². The molecule has 1 heterocycles. The Morgan fingerprint density at radius 1 is 1.29 bits per heavy atom. The molecular formula is C18H25BO5. The van der Waals surface area contributed by atoms with Crippen LogP contribution in [0.1, 0.15) is 47.0 Å². The Hall–Kier alpha value is -1.29. The summed E-state index contributed by atoms with van der Waals surface area (Å²) in [5.74, 6) is 4.99. The van der Waals surface area contributed by atoms with Crippen LogP contribution < -0.4 is 0 Å². The third-order valence-electron chi connectivity index (χ3n) is 5.84. The maximum Gasteiger partial charge on any atom is 0.490 e. The summed E-state index contributed by atoms with van der Waals surface area (Å²) in [6.07, 6.45) is 4.10. The zero-order chi connectivity index (χ0) is 17.8. The van der Waals surface area contributed by atoms with E-state index in [4.69, 9.17) is 9.31 Å². The van der Waals surface area contributed by atoms with Gasteiger partial charge < -0.3 is 19.2 Å². The number of ether oxygens (including phenoxy) is 1. The van der Waals surface area contributed by atoms with Crippen LogP contribution in [0.4, 0.5) is 0 Å². The largest absolute Gasteiger partial charge is 0.490 e. The molecule has 0 aromatic carbocycles. The maximum absolute atomic E-state index is 11.2. The fourth-order valence-corrected chi connectivity index (χ4v) is 3.78. The third kappa shape index (κ3) is 3.01. The summed E-state index contributed by atoms with van der Waals surface area (Å²) in [6, 6.07) is 0. The second kappa shape index (κ2) is 5.62. The molecule has 1 saturated heterocycles. The number of rotatable bonds is 1. The Bertz CT molecular complexity index is 626. The summed E-state index contributed by atoms with van der Waals surface area (Å²) in [6.45, 7) is 8.18. The molecule has 0 radical (unpaired) electrons. The van der Waals surface area contributed by atoms with Gasteiger partial charge in [0.05, 0.1) is 18.3 Å². The summed E-state index contributed by atoms with van der Waals surface area (Å²) in [7, 11) is 0.971. The van der Waals surface area contributed by atoms with Crippen molar-refractivity contribution in [2.45, 2.75) is 63.8 Å². The second-order valence-corrected chi connectivity index (χ2v) is 8.14. The molecule has 2 fully saturated rings. The first-order valence-corrected chi connectivity index (χ1v) is 8.45. The highest BCUT2D eigenvalue weighted by Crippen LogP contribution is 2.50. The van der Waals surface area contributed by atoms with Gasteiger partial charge in [-0.2, -0.15) is 0 Å². The minimum atomic E-state index is -1.11. The molecule has 6 heteroatoms. The summed E-state index contributed by atoms with van der Waals surface area (Å²) in [5, 5.41) is 10.6. The highest BCUT2D eigenvalue weighted by atomic mass is 16.7. The fourth-order valence-electron chi connectivity index (χ4n) is 3.78. The lowest BCUT2D eigenvalue weighted by molar-refractivity contribution is -0.133. The van der Waals surface area contributed by atoms with Crippen molar-refractivity contribution < 1.29 is 23.9 Å². The summed E-state index contributed by atoms with van der Waals surface area (Å²) in [4.78, 5) is 11.2. The minimum Gasteiger partial charge on any atom is -0.459 e. The van der Waals surface area contributed by atoms with Gasteiger partial charge in [0.1, 0.15) is 5.60 Å². The number of hydrogen-bond acceptors (Lipinski definition) is 5. The molecule has 24 heavy (non-hydrogen) atoms. The Morgan fingerprint density at radius 3 is 2.46 bits per heavy atom. The average Bonchev–Trinajstić information content (AvgIpc) is 3.04. The van der Waals surface area contributed by atoms with E-state index in [1.54, 1.807) is 0 Å². The van der Waals surface area contributed by atoms with Gasteiger partial charge in [-0.3, -0.25) is 0 Å². The van der Waals surface area contributed by atoms with Crippen LogP contribution in [0.3, 0.4) is 0 Å². The zero-order valence-corrected chi connectivity index (χ0v) is 15.0. The van der Waals surface area contributed by atoms with E-state index >= 15 is 0 Å². The van der Waals surface area contributed by atoms with Crippen LogP contribution in [0.5, 0.6) is 0 Å². The number of esters is 1. The molecule has 0 spiro atoms. The number of allylic oxidation sites excluding steroid dienone is 2. The lowest BCUT2D eigenvalue weighted by atomic mass is 9.76. The van der Waals surface area contributed by atoms with Crippen LogP contribution in [-0.4, -0.2) is 42.1 Å². The second-order valence-electron chi connectivity index (χ2n) is 8.14. The van der Waals surface area contributed by atoms with Gasteiger partial charge >= 0.3 is 13.1 Å². The smallest absolute Gasteiger partial charge is 0.459 e. The van der Waals surface area contributed by atoms with Crippen LogP contribution in [-0.2, 0) is 18.8 Å². The molecule has 2 unspecified atom stereocenters. The molecule has 130 valence electrons. The first kappa shape index (κ1) is 17.5. The van der Waals surface area contributed by atoms with Crippen LogP contribution in [0, 0.1) is 23.7 Å². The van der Waals surface area contributed by atoms with Gasteiger partial charge in [0, 0.05) is 5.92 Å². The molecule has 5 nitrogen and oxygen atoms in total. The van der Waals surface area contributed by atoms with Crippen molar-refractivity contribution in [2.24, 2.45) is 11.8 Å². The molecule has 0 bridgehead atoms. The lowest BCUT2D eigenvalue weighted by Gasteiger charge is -2.32. The number of hydrogen-bond donors (Lipinski definition) is 1. The normalized spacial score (nSPS) is 35.9. The van der Waals surface area contributed by atoms with Crippen molar-refractivity contribution in [1.29, 1.82) is 0 Å². The van der Waals surface area contributed by atoms with E-state index in [1.807, 2.05) is 27.7 Å². The standard InChI is InChI=1S/C18H25BO5/c1-16(2)17(3,4)24-19(23-16)14-8-12-10-18(21,11-13(12)9-14)7-6-15(20)22-5/h8,12-13,21H,9-11H2,1-5H3/t12?,13?,18-/m1/s1. The highest BCUT2D eigenvalue weighted by Gasteiger charge is 2.55. The minimum absolute atomic E-state index is 0.246. The van der Waals surface area contributed by atoms with Crippen molar-refractivity contribution in [1.82, 2.24) is 0 Å². The Morgan fingerprint density at radius 2 is 1.92 bits per heavy atom. The summed E-state index contributed by atoms with van der Waals surface area (Å²) in [5.41, 5.74) is -0.639. The lowest BCUT2D eigenvalue weighted by Crippen LogP contribution is -2.41. The average molecular weight is 332 g/mol. The van der Waals surface area contributed by atoms with Crippen molar-refractivity contribution in [3.05, 3.63) is 11.5 Å². The van der Waals surface area contributed by atoms with Gasteiger partial charge in [-0.25, -0.2) is 4.79 Å². The van der Waals surface area contributed by atoms with E-state index in [1.165, 1.54) is 7.11 Å². The van der Waals surface area contributed by atoms with Crippen LogP contribution in [0.15, 0.2) is 11.5 Å². The maximum atomic E-state index is 11.2. The van der Waals surface area contributed by atoms with E-state index in [-0.39, 0.29) is 24.2 Å². The molecule has 1 aliphatic heterocycles. The SMILES string of the molecule is COC(=O)C#C[C@@]1(O)CC2C=C(B3OC(C)(C)C(C)(C)O3)CC2C1. The Labute approximate surface area is 143 Å². The molecule has 0 amide bonds. The first-order chi connectivity index (χ1) is 11.1. The molecule has 2 aliphatic carbocycles. The molecular weight excluding hydrogens is 307 g/mol. The molecule has 1 saturated carbocycles. The number of carbonyl (C=O) groups excluding carboxylic acids is 1. The monoisotopic (exact) mass is 332 g/mol. The van der Waals surface area contributed by atoms with E-state index in [0.29, 0.717) is 18.8 Å². The van der Waals surface area contributed by atoms with Gasteiger partial charge in [0.25, 0.3) is 0 Å². The van der Waals surface area contributed by atoms with Crippen LogP contribution in [0.25, 0.3) is 0 Å². The molecule has 3 aliphatic rings. The summed E-state index contributed by atoms with van der Waals surface area (Å²) >= 11 is 0. The van der Waals surface area contributed by atoms with Crippen LogP contribution in [0.2, 0.25) is 0 Å². The quantitative estimate of drug-likeness (QED) is 0.344. The Balaban J connectivity index is 1.69. The molecule has 1 N–H and O–H groups in total. The van der Waals surface area contributed by atoms with Crippen molar-refractivity contribution >= 4 is 13.1 Å². The molecule has 3 rings (SSSR count). The Kier molecular flexibility index (Phi) is 4.11. The van der Waals surface area contributed by atoms with E-state index < -0.39 is 11.6 Å². The predicted molar refractivity (Wildman–Crippen MR) is 89.7 cm³/mol. The van der Waals surface area contributed by atoms with Gasteiger partial charge in [-0.15, -0.1) is 0 Å². The zero-order valence-electron chi connectivity index (χ0n) is 15.0.